The predicted molar refractivity (Wildman–Crippen MR) is 133 cm³/mol. The summed E-state index contributed by atoms with van der Waals surface area (Å²) >= 11 is 1.59. The summed E-state index contributed by atoms with van der Waals surface area (Å²) < 4.78 is 0. The van der Waals surface area contributed by atoms with Crippen LogP contribution in [-0.4, -0.2) is 48.7 Å². The van der Waals surface area contributed by atoms with E-state index in [9.17, 15) is 5.11 Å². The van der Waals surface area contributed by atoms with E-state index in [1.54, 1.807) is 11.3 Å². The van der Waals surface area contributed by atoms with Crippen LogP contribution in [0.2, 0.25) is 0 Å². The highest BCUT2D eigenvalue weighted by Crippen LogP contribution is 2.25. The van der Waals surface area contributed by atoms with Crippen LogP contribution in [0.1, 0.15) is 43.9 Å². The summed E-state index contributed by atoms with van der Waals surface area (Å²) in [5.74, 6) is 0.748. The number of aliphatic hydroxyl groups is 1. The van der Waals surface area contributed by atoms with Crippen LogP contribution in [0.15, 0.2) is 52.2 Å². The molecule has 3 N–H and O–H groups in total. The van der Waals surface area contributed by atoms with Crippen molar-refractivity contribution in [1.82, 2.24) is 15.5 Å². The zero-order valence-electron chi connectivity index (χ0n) is 17.3. The number of guanidine groups is 1. The number of benzene rings is 1. The quantitative estimate of drug-likeness (QED) is 0.276. The Kier molecular flexibility index (Phi) is 9.88. The third kappa shape index (κ3) is 6.94. The van der Waals surface area contributed by atoms with Crippen molar-refractivity contribution < 1.29 is 5.11 Å². The van der Waals surface area contributed by atoms with Gasteiger partial charge in [-0.1, -0.05) is 30.3 Å². The first kappa shape index (κ1) is 24.1. The lowest BCUT2D eigenvalue weighted by atomic mass is 10.00. The molecular formula is C22H33IN4OS. The van der Waals surface area contributed by atoms with Gasteiger partial charge in [-0.2, -0.15) is 11.3 Å². The highest BCUT2D eigenvalue weighted by Gasteiger charge is 2.25. The number of hydrogen-bond acceptors (Lipinski definition) is 4. The van der Waals surface area contributed by atoms with Crippen LogP contribution in [0.3, 0.4) is 0 Å². The molecule has 7 heteroatoms. The Hall–Kier alpha value is -1.16. The molecule has 1 fully saturated rings. The zero-order valence-corrected chi connectivity index (χ0v) is 20.5. The minimum Gasteiger partial charge on any atom is -0.383 e. The van der Waals surface area contributed by atoms with Crippen molar-refractivity contribution in [1.29, 1.82) is 0 Å². The Morgan fingerprint density at radius 1 is 1.21 bits per heavy atom. The SMILES string of the molecule is CCNC(=NCC(C)(O)c1ccsc1)NCC(c1ccccc1)N1CCCC1.I. The fraction of sp³-hybridized carbons (Fsp3) is 0.500. The number of thiophene rings is 1. The maximum absolute atomic E-state index is 10.8. The Morgan fingerprint density at radius 2 is 1.93 bits per heavy atom. The summed E-state index contributed by atoms with van der Waals surface area (Å²) in [4.78, 5) is 7.21. The molecule has 0 saturated carbocycles. The second-order valence-corrected chi connectivity index (χ2v) is 8.31. The van der Waals surface area contributed by atoms with E-state index < -0.39 is 5.60 Å². The van der Waals surface area contributed by atoms with Gasteiger partial charge in [-0.3, -0.25) is 4.90 Å². The molecule has 2 heterocycles. The molecule has 3 rings (SSSR count). The van der Waals surface area contributed by atoms with Crippen LogP contribution in [0, 0.1) is 0 Å². The van der Waals surface area contributed by atoms with E-state index in [1.807, 2.05) is 23.8 Å². The lowest BCUT2D eigenvalue weighted by Gasteiger charge is -2.29. The van der Waals surface area contributed by atoms with E-state index in [1.165, 1.54) is 18.4 Å². The summed E-state index contributed by atoms with van der Waals surface area (Å²) in [6.07, 6.45) is 2.53. The standard InChI is InChI=1S/C22H32N4OS.HI/c1-3-23-21(25-17-22(2,27)19-11-14-28-16-19)24-15-20(26-12-7-8-13-26)18-9-5-4-6-10-18;/h4-6,9-11,14,16,20,27H,3,7-8,12-13,15,17H2,1-2H3,(H2,23,24,25);1H. The van der Waals surface area contributed by atoms with Gasteiger partial charge >= 0.3 is 0 Å². The van der Waals surface area contributed by atoms with E-state index in [0.29, 0.717) is 12.6 Å². The lowest BCUT2D eigenvalue weighted by molar-refractivity contribution is 0.0677. The number of halogens is 1. The van der Waals surface area contributed by atoms with Crippen molar-refractivity contribution in [2.45, 2.75) is 38.3 Å². The minimum absolute atomic E-state index is 0. The molecular weight excluding hydrogens is 495 g/mol. The largest absolute Gasteiger partial charge is 0.383 e. The van der Waals surface area contributed by atoms with Gasteiger partial charge in [0.05, 0.1) is 12.6 Å². The highest BCUT2D eigenvalue weighted by molar-refractivity contribution is 14.0. The Morgan fingerprint density at radius 3 is 2.55 bits per heavy atom. The molecule has 2 aromatic rings. The lowest BCUT2D eigenvalue weighted by Crippen LogP contribution is -2.43. The number of likely N-dealkylation sites (tertiary alicyclic amines) is 1. The second-order valence-electron chi connectivity index (χ2n) is 7.53. The summed E-state index contributed by atoms with van der Waals surface area (Å²) in [7, 11) is 0. The summed E-state index contributed by atoms with van der Waals surface area (Å²) in [5, 5.41) is 21.5. The van der Waals surface area contributed by atoms with Gasteiger partial charge in [-0.05, 0) is 67.7 Å². The fourth-order valence-electron chi connectivity index (χ4n) is 3.62. The normalized spacial score (nSPS) is 18.0. The maximum atomic E-state index is 10.8. The Balaban J connectivity index is 0.00000300. The number of hydrogen-bond donors (Lipinski definition) is 3. The molecule has 2 unspecified atom stereocenters. The molecule has 1 aliphatic rings. The molecule has 1 aliphatic heterocycles. The van der Waals surface area contributed by atoms with Crippen LogP contribution in [-0.2, 0) is 5.60 Å². The molecule has 1 aromatic heterocycles. The molecule has 0 bridgehead atoms. The Labute approximate surface area is 195 Å². The fourth-order valence-corrected chi connectivity index (χ4v) is 4.40. The molecule has 1 aromatic carbocycles. The number of rotatable bonds is 8. The van der Waals surface area contributed by atoms with Gasteiger partial charge in [0.25, 0.3) is 0 Å². The average molecular weight is 529 g/mol. The molecule has 0 amide bonds. The van der Waals surface area contributed by atoms with Crippen LogP contribution in [0.25, 0.3) is 0 Å². The molecule has 0 radical (unpaired) electrons. The number of nitrogens with one attached hydrogen (secondary N) is 2. The van der Waals surface area contributed by atoms with Crippen molar-refractivity contribution in [2.75, 3.05) is 32.7 Å². The van der Waals surface area contributed by atoms with E-state index in [0.717, 1.165) is 37.7 Å². The first-order chi connectivity index (χ1) is 13.6. The van der Waals surface area contributed by atoms with Gasteiger partial charge in [0.15, 0.2) is 5.96 Å². The van der Waals surface area contributed by atoms with Crippen molar-refractivity contribution in [3.63, 3.8) is 0 Å². The van der Waals surface area contributed by atoms with Crippen LogP contribution < -0.4 is 10.6 Å². The van der Waals surface area contributed by atoms with Gasteiger partial charge in [-0.15, -0.1) is 24.0 Å². The van der Waals surface area contributed by atoms with Crippen LogP contribution >= 0.6 is 35.3 Å². The third-order valence-electron chi connectivity index (χ3n) is 5.26. The van der Waals surface area contributed by atoms with E-state index >= 15 is 0 Å². The molecule has 0 aliphatic carbocycles. The molecule has 2 atom stereocenters. The van der Waals surface area contributed by atoms with Crippen LogP contribution in [0.4, 0.5) is 0 Å². The van der Waals surface area contributed by atoms with E-state index in [4.69, 9.17) is 0 Å². The highest BCUT2D eigenvalue weighted by atomic mass is 127. The van der Waals surface area contributed by atoms with Gasteiger partial charge in [0.1, 0.15) is 5.60 Å². The number of aliphatic imine (C=N–C) groups is 1. The van der Waals surface area contributed by atoms with Gasteiger partial charge in [0.2, 0.25) is 0 Å². The maximum Gasteiger partial charge on any atom is 0.191 e. The van der Waals surface area contributed by atoms with E-state index in [2.05, 4.69) is 57.8 Å². The van der Waals surface area contributed by atoms with Gasteiger partial charge in [0, 0.05) is 13.1 Å². The second kappa shape index (κ2) is 11.9. The molecule has 5 nitrogen and oxygen atoms in total. The Bertz CT molecular complexity index is 731. The first-order valence-corrected chi connectivity index (χ1v) is 11.1. The summed E-state index contributed by atoms with van der Waals surface area (Å²) in [6.45, 7) is 8.05. The molecule has 160 valence electrons. The third-order valence-corrected chi connectivity index (χ3v) is 5.94. The van der Waals surface area contributed by atoms with Crippen molar-refractivity contribution in [3.05, 3.63) is 58.3 Å². The summed E-state index contributed by atoms with van der Waals surface area (Å²) in [5.41, 5.74) is 1.28. The molecule has 1 saturated heterocycles. The van der Waals surface area contributed by atoms with Crippen molar-refractivity contribution in [2.24, 2.45) is 4.99 Å². The monoisotopic (exact) mass is 528 g/mol. The predicted octanol–water partition coefficient (Wildman–Crippen LogP) is 3.97. The number of nitrogens with zero attached hydrogens (tertiary/aromatic N) is 2. The van der Waals surface area contributed by atoms with Crippen LogP contribution in [0.5, 0.6) is 0 Å². The first-order valence-electron chi connectivity index (χ1n) is 10.2. The smallest absolute Gasteiger partial charge is 0.191 e. The van der Waals surface area contributed by atoms with Crippen molar-refractivity contribution >= 4 is 41.3 Å². The van der Waals surface area contributed by atoms with Gasteiger partial charge < -0.3 is 15.7 Å². The van der Waals surface area contributed by atoms with E-state index in [-0.39, 0.29) is 24.0 Å². The van der Waals surface area contributed by atoms with Crippen molar-refractivity contribution in [3.8, 4) is 0 Å². The topological polar surface area (TPSA) is 59.9 Å². The molecule has 29 heavy (non-hydrogen) atoms. The minimum atomic E-state index is -0.962. The van der Waals surface area contributed by atoms with Gasteiger partial charge in [-0.25, -0.2) is 4.99 Å². The summed E-state index contributed by atoms with van der Waals surface area (Å²) in [6, 6.07) is 13.0. The average Bonchev–Trinajstić information content (AvgIpc) is 3.41. The molecule has 0 spiro atoms. The zero-order chi connectivity index (χ0) is 19.8.